The van der Waals surface area contributed by atoms with Gasteiger partial charge in [-0.3, -0.25) is 18.9 Å². The summed E-state index contributed by atoms with van der Waals surface area (Å²) < 4.78 is 63.6. The first-order valence-corrected chi connectivity index (χ1v) is 16.2. The zero-order valence-corrected chi connectivity index (χ0v) is 22.3. The molecule has 22 heteroatoms. The number of nitrogens with zero attached hydrogens (tertiary/aromatic N) is 1. The minimum Gasteiger partial charge on any atom is -0.373 e. The van der Waals surface area contributed by atoms with E-state index in [0.717, 1.165) is 4.57 Å². The molecule has 1 aliphatic heterocycles. The van der Waals surface area contributed by atoms with E-state index in [1.54, 1.807) is 0 Å². The third kappa shape index (κ3) is 10.5. The molecular weight excluding hydrogens is 581 g/mol. The van der Waals surface area contributed by atoms with Gasteiger partial charge in [-0.15, -0.1) is 0 Å². The van der Waals surface area contributed by atoms with Crippen LogP contribution in [0.4, 0.5) is 0 Å². The number of phosphoric ester groups is 1. The maximum Gasteiger partial charge on any atom is 0.490 e. The largest absolute Gasteiger partial charge is 0.490 e. The zero-order valence-electron chi connectivity index (χ0n) is 18.0. The first-order valence-electron chi connectivity index (χ1n) is 9.23. The molecule has 3 unspecified atom stereocenters. The summed E-state index contributed by atoms with van der Waals surface area (Å²) in [5, 5.41) is 0. The van der Waals surface area contributed by atoms with Crippen LogP contribution in [0.15, 0.2) is 15.8 Å². The van der Waals surface area contributed by atoms with Crippen molar-refractivity contribution in [3.63, 3.8) is 0 Å². The fourth-order valence-electron chi connectivity index (χ4n) is 2.70. The Hall–Kier alpha value is -0.330. The SMILES string of the molecule is COCSSCOC1C[C@H](n2cc(C)c(=O)[nH]c2=O)O[C@@H]1COP(=O)(O)OP(=O)(O)OP(=O)(O)O. The fourth-order valence-corrected chi connectivity index (χ4v) is 7.06. The van der Waals surface area contributed by atoms with Gasteiger partial charge in [0.25, 0.3) is 5.56 Å². The maximum absolute atomic E-state index is 12.2. The summed E-state index contributed by atoms with van der Waals surface area (Å²) >= 11 is 0. The van der Waals surface area contributed by atoms with Gasteiger partial charge in [-0.25, -0.2) is 18.5 Å². The molecule has 202 valence electrons. The van der Waals surface area contributed by atoms with E-state index >= 15 is 0 Å². The van der Waals surface area contributed by atoms with E-state index in [0.29, 0.717) is 5.94 Å². The topological polar surface area (TPSA) is 242 Å². The monoisotopic (exact) mass is 604 g/mol. The summed E-state index contributed by atoms with van der Waals surface area (Å²) in [6.45, 7) is 0.700. The van der Waals surface area contributed by atoms with Gasteiger partial charge < -0.3 is 33.8 Å². The first kappa shape index (κ1) is 30.9. The van der Waals surface area contributed by atoms with Crippen LogP contribution in [0.1, 0.15) is 18.2 Å². The number of methoxy groups -OCH3 is 1. The number of phosphoric acid groups is 3. The molecular formula is C13H23N2O15P3S2. The van der Waals surface area contributed by atoms with E-state index < -0.39 is 59.8 Å². The molecule has 1 aliphatic rings. The molecule has 0 spiro atoms. The summed E-state index contributed by atoms with van der Waals surface area (Å²) in [5.74, 6) is 0.486. The lowest BCUT2D eigenvalue weighted by Crippen LogP contribution is -2.33. The molecule has 1 fully saturated rings. The number of ether oxygens (including phenoxy) is 3. The average molecular weight is 604 g/mol. The minimum atomic E-state index is -5.69. The van der Waals surface area contributed by atoms with Crippen molar-refractivity contribution in [2.75, 3.05) is 25.6 Å². The highest BCUT2D eigenvalue weighted by Crippen LogP contribution is 2.66. The molecule has 0 aliphatic carbocycles. The van der Waals surface area contributed by atoms with Crippen LogP contribution in [0.5, 0.6) is 0 Å². The summed E-state index contributed by atoms with van der Waals surface area (Å²) in [6.07, 6.45) is -1.60. The summed E-state index contributed by atoms with van der Waals surface area (Å²) in [5.41, 5.74) is -1.15. The Morgan fingerprint density at radius 3 is 2.40 bits per heavy atom. The molecule has 0 radical (unpaired) electrons. The summed E-state index contributed by atoms with van der Waals surface area (Å²) in [6, 6.07) is 0. The number of rotatable bonds is 14. The zero-order chi connectivity index (χ0) is 26.4. The lowest BCUT2D eigenvalue weighted by Gasteiger charge is -2.21. The lowest BCUT2D eigenvalue weighted by atomic mass is 10.2. The predicted molar refractivity (Wildman–Crippen MR) is 121 cm³/mol. The predicted octanol–water partition coefficient (Wildman–Crippen LogP) is 0.804. The third-order valence-electron chi connectivity index (χ3n) is 4.03. The van der Waals surface area contributed by atoms with Crippen molar-refractivity contribution in [1.29, 1.82) is 0 Å². The van der Waals surface area contributed by atoms with Crippen molar-refractivity contribution in [2.45, 2.75) is 31.8 Å². The Balaban J connectivity index is 2.12. The van der Waals surface area contributed by atoms with E-state index in [9.17, 15) is 33.1 Å². The van der Waals surface area contributed by atoms with Crippen molar-refractivity contribution in [3.8, 4) is 0 Å². The molecule has 1 aromatic heterocycles. The first-order chi connectivity index (χ1) is 16.1. The van der Waals surface area contributed by atoms with E-state index in [-0.39, 0.29) is 17.9 Å². The van der Waals surface area contributed by atoms with Gasteiger partial charge in [-0.05, 0) is 6.92 Å². The average Bonchev–Trinajstić information content (AvgIpc) is 3.09. The summed E-state index contributed by atoms with van der Waals surface area (Å²) in [4.78, 5) is 62.1. The van der Waals surface area contributed by atoms with Gasteiger partial charge in [-0.1, -0.05) is 21.6 Å². The highest BCUT2D eigenvalue weighted by atomic mass is 33.1. The Morgan fingerprint density at radius 2 is 1.77 bits per heavy atom. The van der Waals surface area contributed by atoms with Crippen molar-refractivity contribution in [2.24, 2.45) is 0 Å². The van der Waals surface area contributed by atoms with Gasteiger partial charge in [-0.2, -0.15) is 8.62 Å². The number of aromatic amines is 1. The quantitative estimate of drug-likeness (QED) is 0.0853. The molecule has 0 aromatic carbocycles. The van der Waals surface area contributed by atoms with Crippen molar-refractivity contribution < 1.29 is 60.6 Å². The Kier molecular flexibility index (Phi) is 11.4. The molecule has 1 aromatic rings. The van der Waals surface area contributed by atoms with Crippen LogP contribution in [-0.4, -0.2) is 66.9 Å². The van der Waals surface area contributed by atoms with Crippen LogP contribution >= 0.6 is 45.1 Å². The van der Waals surface area contributed by atoms with Gasteiger partial charge in [0.15, 0.2) is 0 Å². The molecule has 35 heavy (non-hydrogen) atoms. The smallest absolute Gasteiger partial charge is 0.373 e. The number of aryl methyl sites for hydroxylation is 1. The number of hydrogen-bond donors (Lipinski definition) is 5. The number of nitrogens with one attached hydrogen (secondary N) is 1. The van der Waals surface area contributed by atoms with Gasteiger partial charge in [0.05, 0.1) is 12.7 Å². The second kappa shape index (κ2) is 13.0. The van der Waals surface area contributed by atoms with Crippen molar-refractivity contribution >= 4 is 45.1 Å². The maximum atomic E-state index is 12.2. The Bertz CT molecular complexity index is 1120. The van der Waals surface area contributed by atoms with E-state index in [2.05, 4.69) is 18.1 Å². The third-order valence-corrected chi connectivity index (χ3v) is 9.64. The van der Waals surface area contributed by atoms with Crippen LogP contribution in [-0.2, 0) is 41.1 Å². The number of hydrogen-bond acceptors (Lipinski definition) is 13. The standard InChI is InChI=1S/C13H23N2O15P3S2/c1-8-4-15(13(17)14-12(8)16)11-3-9(26-7-35-34-6-25-2)10(28-11)5-27-32(21,22)30-33(23,24)29-31(18,19)20/h4,9-11H,3,5-7H2,1-2H3,(H,21,22)(H,23,24)(H,14,16,17)(H2,18,19,20)/t9?,10-,11-/m1/s1. The van der Waals surface area contributed by atoms with Crippen molar-refractivity contribution in [3.05, 3.63) is 32.6 Å². The van der Waals surface area contributed by atoms with Crippen molar-refractivity contribution in [1.82, 2.24) is 9.55 Å². The van der Waals surface area contributed by atoms with Crippen LogP contribution in [0.2, 0.25) is 0 Å². The second-order valence-electron chi connectivity index (χ2n) is 6.70. The highest BCUT2D eigenvalue weighted by Gasteiger charge is 2.43. The van der Waals surface area contributed by atoms with Gasteiger partial charge in [0, 0.05) is 25.3 Å². The summed E-state index contributed by atoms with van der Waals surface area (Å²) in [7, 11) is -12.5. The molecule has 2 heterocycles. The number of H-pyrrole nitrogens is 1. The van der Waals surface area contributed by atoms with Gasteiger partial charge in [0.1, 0.15) is 24.2 Å². The van der Waals surface area contributed by atoms with Gasteiger partial charge in [0.2, 0.25) is 0 Å². The van der Waals surface area contributed by atoms with Crippen LogP contribution in [0, 0.1) is 6.92 Å². The molecule has 17 nitrogen and oxygen atoms in total. The molecule has 2 rings (SSSR count). The fraction of sp³-hybridized carbons (Fsp3) is 0.692. The molecule has 0 bridgehead atoms. The van der Waals surface area contributed by atoms with E-state index in [4.69, 9.17) is 24.0 Å². The van der Waals surface area contributed by atoms with Crippen LogP contribution in [0.3, 0.4) is 0 Å². The Morgan fingerprint density at radius 1 is 1.11 bits per heavy atom. The molecule has 5 atom stereocenters. The molecule has 0 saturated carbocycles. The molecule has 0 amide bonds. The van der Waals surface area contributed by atoms with Crippen LogP contribution < -0.4 is 11.2 Å². The normalized spacial score (nSPS) is 24.2. The Labute approximate surface area is 205 Å². The molecule has 1 saturated heterocycles. The van der Waals surface area contributed by atoms with E-state index in [1.807, 2.05) is 0 Å². The minimum absolute atomic E-state index is 0.0469. The van der Waals surface area contributed by atoms with Gasteiger partial charge >= 0.3 is 29.2 Å². The van der Waals surface area contributed by atoms with Crippen LogP contribution in [0.25, 0.3) is 0 Å². The van der Waals surface area contributed by atoms with E-state index in [1.165, 1.54) is 41.8 Å². The molecule has 5 N–H and O–H groups in total. The second-order valence-corrected chi connectivity index (χ2v) is 13.5. The lowest BCUT2D eigenvalue weighted by molar-refractivity contribution is -0.0543. The highest BCUT2D eigenvalue weighted by molar-refractivity contribution is 8.76. The number of aromatic nitrogens is 2.